The highest BCUT2D eigenvalue weighted by atomic mass is 35.5. The van der Waals surface area contributed by atoms with E-state index in [1.807, 2.05) is 53.9 Å². The predicted molar refractivity (Wildman–Crippen MR) is 110 cm³/mol. The molecule has 3 aromatic rings. The van der Waals surface area contributed by atoms with Crippen LogP contribution in [0.25, 0.3) is 10.6 Å². The second kappa shape index (κ2) is 9.16. The molecule has 0 fully saturated rings. The van der Waals surface area contributed by atoms with Crippen LogP contribution in [0.2, 0.25) is 5.02 Å². The smallest absolute Gasteiger partial charge is 0.259 e. The Hall–Kier alpha value is -2.90. The van der Waals surface area contributed by atoms with Crippen LogP contribution >= 0.6 is 22.9 Å². The Morgan fingerprint density at radius 1 is 1.22 bits per heavy atom. The topological polar surface area (TPSA) is 75.6 Å². The first-order valence-electron chi connectivity index (χ1n) is 8.05. The molecule has 0 atom stereocenters. The second-order valence-corrected chi connectivity index (χ2v) is 6.75. The number of carbonyl (C=O) groups excluding carboxylic acids is 1. The number of amides is 1. The van der Waals surface area contributed by atoms with Gasteiger partial charge in [0.1, 0.15) is 10.8 Å². The molecule has 0 radical (unpaired) electrons. The third kappa shape index (κ3) is 5.54. The van der Waals surface area contributed by atoms with Crippen LogP contribution in [-0.4, -0.2) is 30.8 Å². The maximum absolute atomic E-state index is 11.8. The highest BCUT2D eigenvalue weighted by molar-refractivity contribution is 7.13. The normalized spacial score (nSPS) is 10.7. The van der Waals surface area contributed by atoms with Crippen molar-refractivity contribution in [1.29, 1.82) is 0 Å². The molecule has 1 heterocycles. The lowest BCUT2D eigenvalue weighted by Gasteiger charge is -2.06. The summed E-state index contributed by atoms with van der Waals surface area (Å²) in [5.41, 5.74) is 4.95. The number of benzene rings is 2. The lowest BCUT2D eigenvalue weighted by atomic mass is 10.2. The van der Waals surface area contributed by atoms with E-state index in [-0.39, 0.29) is 12.5 Å². The van der Waals surface area contributed by atoms with E-state index in [1.54, 1.807) is 7.11 Å². The largest absolute Gasteiger partial charge is 0.497 e. The fraction of sp³-hybridized carbons (Fsp3) is 0.105. The minimum Gasteiger partial charge on any atom is -0.497 e. The van der Waals surface area contributed by atoms with E-state index in [0.717, 1.165) is 22.0 Å². The number of aromatic nitrogens is 1. The first-order chi connectivity index (χ1) is 13.1. The van der Waals surface area contributed by atoms with Crippen molar-refractivity contribution < 1.29 is 9.53 Å². The Morgan fingerprint density at radius 3 is 2.67 bits per heavy atom. The summed E-state index contributed by atoms with van der Waals surface area (Å²) in [6.07, 6.45) is 1.52. The lowest BCUT2D eigenvalue weighted by molar-refractivity contribution is -0.119. The number of hydrogen-bond donors (Lipinski definition) is 2. The minimum absolute atomic E-state index is 0.108. The maximum Gasteiger partial charge on any atom is 0.259 e. The Bertz CT molecular complexity index is 924. The third-order valence-corrected chi connectivity index (χ3v) is 4.70. The number of nitrogens with zero attached hydrogens (tertiary/aromatic N) is 2. The summed E-state index contributed by atoms with van der Waals surface area (Å²) in [7, 11) is 1.61. The summed E-state index contributed by atoms with van der Waals surface area (Å²) in [6.45, 7) is 0.108. The molecule has 2 aromatic carbocycles. The molecule has 2 N–H and O–H groups in total. The van der Waals surface area contributed by atoms with Crippen LogP contribution in [0, 0.1) is 0 Å². The number of hydrazone groups is 1. The molecule has 1 amide bonds. The summed E-state index contributed by atoms with van der Waals surface area (Å²) in [4.78, 5) is 16.3. The summed E-state index contributed by atoms with van der Waals surface area (Å²) in [6, 6.07) is 14.8. The van der Waals surface area contributed by atoms with Gasteiger partial charge < -0.3 is 10.1 Å². The SMILES string of the molecule is COc1ccc(NCC(=O)N/N=C\c2csc(-c3ccc(Cl)cc3)n2)cc1. The first-order valence-corrected chi connectivity index (χ1v) is 9.31. The molecule has 0 saturated heterocycles. The molecule has 6 nitrogen and oxygen atoms in total. The fourth-order valence-electron chi connectivity index (χ4n) is 2.17. The van der Waals surface area contributed by atoms with Gasteiger partial charge in [-0.25, -0.2) is 10.4 Å². The molecular formula is C19H17ClN4O2S. The molecule has 0 unspecified atom stereocenters. The van der Waals surface area contributed by atoms with Crippen molar-refractivity contribution in [3.8, 4) is 16.3 Å². The molecule has 0 aliphatic heterocycles. The number of nitrogens with one attached hydrogen (secondary N) is 2. The van der Waals surface area contributed by atoms with Crippen molar-refractivity contribution in [1.82, 2.24) is 10.4 Å². The van der Waals surface area contributed by atoms with Crippen LogP contribution in [0.4, 0.5) is 5.69 Å². The van der Waals surface area contributed by atoms with Crippen LogP contribution < -0.4 is 15.5 Å². The number of anilines is 1. The van der Waals surface area contributed by atoms with Gasteiger partial charge in [-0.1, -0.05) is 23.7 Å². The second-order valence-electron chi connectivity index (χ2n) is 5.46. The number of halogens is 1. The molecule has 3 rings (SSSR count). The van der Waals surface area contributed by atoms with Gasteiger partial charge in [0.2, 0.25) is 0 Å². The Morgan fingerprint density at radius 2 is 1.96 bits per heavy atom. The monoisotopic (exact) mass is 400 g/mol. The average Bonchev–Trinajstić information content (AvgIpc) is 3.16. The molecule has 0 aliphatic carbocycles. The zero-order valence-electron chi connectivity index (χ0n) is 14.5. The van der Waals surface area contributed by atoms with Gasteiger partial charge in [0.15, 0.2) is 0 Å². The molecule has 8 heteroatoms. The van der Waals surface area contributed by atoms with Crippen molar-refractivity contribution in [3.63, 3.8) is 0 Å². The molecule has 0 spiro atoms. The molecule has 0 bridgehead atoms. The average molecular weight is 401 g/mol. The fourth-order valence-corrected chi connectivity index (χ4v) is 3.07. The Balaban J connectivity index is 1.48. The van der Waals surface area contributed by atoms with Crippen molar-refractivity contribution in [2.75, 3.05) is 19.0 Å². The van der Waals surface area contributed by atoms with Crippen LogP contribution in [0.3, 0.4) is 0 Å². The van der Waals surface area contributed by atoms with Gasteiger partial charge in [-0.3, -0.25) is 4.79 Å². The van der Waals surface area contributed by atoms with Crippen molar-refractivity contribution in [2.45, 2.75) is 0 Å². The number of methoxy groups -OCH3 is 1. The molecule has 138 valence electrons. The zero-order chi connectivity index (χ0) is 19.1. The van der Waals surface area contributed by atoms with Crippen LogP contribution in [0.15, 0.2) is 59.0 Å². The van der Waals surface area contributed by atoms with E-state index >= 15 is 0 Å². The number of ether oxygens (including phenoxy) is 1. The van der Waals surface area contributed by atoms with E-state index < -0.39 is 0 Å². The lowest BCUT2D eigenvalue weighted by Crippen LogP contribution is -2.25. The quantitative estimate of drug-likeness (QED) is 0.463. The van der Waals surface area contributed by atoms with Gasteiger partial charge >= 0.3 is 0 Å². The Kier molecular flexibility index (Phi) is 6.40. The van der Waals surface area contributed by atoms with Crippen molar-refractivity contribution >= 4 is 40.7 Å². The van der Waals surface area contributed by atoms with Gasteiger partial charge in [0, 0.05) is 21.7 Å². The number of carbonyl (C=O) groups is 1. The van der Waals surface area contributed by atoms with Gasteiger partial charge in [0.05, 0.1) is 25.6 Å². The van der Waals surface area contributed by atoms with E-state index in [9.17, 15) is 4.79 Å². The number of rotatable bonds is 7. The van der Waals surface area contributed by atoms with Crippen LogP contribution in [0.1, 0.15) is 5.69 Å². The molecule has 0 aliphatic rings. The highest BCUT2D eigenvalue weighted by Gasteiger charge is 2.04. The first kappa shape index (κ1) is 18.9. The van der Waals surface area contributed by atoms with Gasteiger partial charge in [-0.15, -0.1) is 11.3 Å². The van der Waals surface area contributed by atoms with Crippen molar-refractivity contribution in [3.05, 3.63) is 64.6 Å². The van der Waals surface area contributed by atoms with E-state index in [1.165, 1.54) is 17.6 Å². The highest BCUT2D eigenvalue weighted by Crippen LogP contribution is 2.24. The maximum atomic E-state index is 11.8. The van der Waals surface area contributed by atoms with E-state index in [4.69, 9.17) is 16.3 Å². The van der Waals surface area contributed by atoms with Gasteiger partial charge in [-0.2, -0.15) is 5.10 Å². The summed E-state index contributed by atoms with van der Waals surface area (Å²) in [5.74, 6) is 0.506. The van der Waals surface area contributed by atoms with Crippen molar-refractivity contribution in [2.24, 2.45) is 5.10 Å². The van der Waals surface area contributed by atoms with Gasteiger partial charge in [-0.05, 0) is 36.4 Å². The number of hydrogen-bond acceptors (Lipinski definition) is 6. The van der Waals surface area contributed by atoms with Crippen LogP contribution in [0.5, 0.6) is 5.75 Å². The Labute approximate surface area is 165 Å². The predicted octanol–water partition coefficient (Wildman–Crippen LogP) is 4.03. The molecule has 0 saturated carbocycles. The summed E-state index contributed by atoms with van der Waals surface area (Å²) >= 11 is 7.39. The molecular weight excluding hydrogens is 384 g/mol. The minimum atomic E-state index is -0.254. The summed E-state index contributed by atoms with van der Waals surface area (Å²) in [5, 5.41) is 10.4. The number of thiazole rings is 1. The molecule has 1 aromatic heterocycles. The van der Waals surface area contributed by atoms with Crippen LogP contribution in [-0.2, 0) is 4.79 Å². The zero-order valence-corrected chi connectivity index (χ0v) is 16.1. The third-order valence-electron chi connectivity index (χ3n) is 3.54. The molecule has 27 heavy (non-hydrogen) atoms. The van der Waals surface area contributed by atoms with E-state index in [0.29, 0.717) is 10.7 Å². The van der Waals surface area contributed by atoms with E-state index in [2.05, 4.69) is 20.8 Å². The van der Waals surface area contributed by atoms with Gasteiger partial charge in [0.25, 0.3) is 5.91 Å². The standard InChI is InChI=1S/C19H17ClN4O2S/c1-26-17-8-6-15(7-9-17)21-11-18(25)24-22-10-16-12-27-19(23-16)13-2-4-14(20)5-3-13/h2-10,12,21H,11H2,1H3,(H,24,25)/b22-10-. The summed E-state index contributed by atoms with van der Waals surface area (Å²) < 4.78 is 5.09.